The van der Waals surface area contributed by atoms with Gasteiger partial charge in [0.2, 0.25) is 0 Å². The van der Waals surface area contributed by atoms with Crippen molar-refractivity contribution in [2.75, 3.05) is 6.54 Å². The molecule has 1 saturated carbocycles. The Kier molecular flexibility index (Phi) is 4.00. The highest BCUT2D eigenvalue weighted by Gasteiger charge is 2.29. The predicted octanol–water partition coefficient (Wildman–Crippen LogP) is 3.54. The van der Waals surface area contributed by atoms with Crippen molar-refractivity contribution in [1.82, 2.24) is 4.90 Å². The Morgan fingerprint density at radius 1 is 1.44 bits per heavy atom. The molecule has 0 N–H and O–H groups in total. The third-order valence-electron chi connectivity index (χ3n) is 3.49. The molecule has 0 radical (unpaired) electrons. The second kappa shape index (κ2) is 5.35. The number of aryl methyl sites for hydroxylation is 1. The first-order chi connectivity index (χ1) is 8.49. The van der Waals surface area contributed by atoms with E-state index in [1.165, 1.54) is 12.8 Å². The Bertz CT molecular complexity index is 452. The molecule has 0 atom stereocenters. The number of carbonyl (C=O) groups is 1. The summed E-state index contributed by atoms with van der Waals surface area (Å²) in [6.45, 7) is 7.04. The zero-order valence-corrected chi connectivity index (χ0v) is 12.2. The minimum absolute atomic E-state index is 0.144. The molecule has 18 heavy (non-hydrogen) atoms. The highest BCUT2D eigenvalue weighted by atomic mass is 32.1. The standard InChI is InChI=1S/C15H21NOS/c1-10(2)16(9-12-5-6-12)15(17)14-8-13(18)7-4-11(14)3/h4,7-8,10,12,18H,5-6,9H2,1-3H3. The van der Waals surface area contributed by atoms with Crippen molar-refractivity contribution in [2.24, 2.45) is 5.92 Å². The van der Waals surface area contributed by atoms with Crippen LogP contribution in [0.3, 0.4) is 0 Å². The van der Waals surface area contributed by atoms with E-state index < -0.39 is 0 Å². The van der Waals surface area contributed by atoms with Gasteiger partial charge in [0, 0.05) is 23.0 Å². The summed E-state index contributed by atoms with van der Waals surface area (Å²) in [6, 6.07) is 6.02. The van der Waals surface area contributed by atoms with Gasteiger partial charge in [0.05, 0.1) is 0 Å². The van der Waals surface area contributed by atoms with Crippen molar-refractivity contribution in [3.8, 4) is 0 Å². The van der Waals surface area contributed by atoms with Crippen LogP contribution < -0.4 is 0 Å². The van der Waals surface area contributed by atoms with Crippen LogP contribution in [0.25, 0.3) is 0 Å². The lowest BCUT2D eigenvalue weighted by Crippen LogP contribution is -2.38. The minimum atomic E-state index is 0.144. The van der Waals surface area contributed by atoms with E-state index in [2.05, 4.69) is 26.5 Å². The largest absolute Gasteiger partial charge is 0.336 e. The lowest BCUT2D eigenvalue weighted by Gasteiger charge is -2.27. The van der Waals surface area contributed by atoms with Crippen molar-refractivity contribution in [1.29, 1.82) is 0 Å². The SMILES string of the molecule is Cc1ccc(S)cc1C(=O)N(CC1CC1)C(C)C. The summed E-state index contributed by atoms with van der Waals surface area (Å²) in [7, 11) is 0. The van der Waals surface area contributed by atoms with E-state index in [-0.39, 0.29) is 11.9 Å². The van der Waals surface area contributed by atoms with E-state index in [0.717, 1.165) is 28.5 Å². The second-order valence-electron chi connectivity index (χ2n) is 5.49. The van der Waals surface area contributed by atoms with Gasteiger partial charge in [-0.3, -0.25) is 4.79 Å². The van der Waals surface area contributed by atoms with Gasteiger partial charge in [-0.15, -0.1) is 12.6 Å². The summed E-state index contributed by atoms with van der Waals surface area (Å²) < 4.78 is 0. The quantitative estimate of drug-likeness (QED) is 0.824. The highest BCUT2D eigenvalue weighted by molar-refractivity contribution is 7.80. The smallest absolute Gasteiger partial charge is 0.254 e. The molecule has 2 rings (SSSR count). The first kappa shape index (κ1) is 13.5. The van der Waals surface area contributed by atoms with Gasteiger partial charge in [0.25, 0.3) is 5.91 Å². The maximum absolute atomic E-state index is 12.6. The molecule has 1 amide bonds. The molecule has 0 bridgehead atoms. The molecule has 1 aromatic rings. The van der Waals surface area contributed by atoms with Gasteiger partial charge in [-0.05, 0) is 57.2 Å². The Morgan fingerprint density at radius 2 is 2.11 bits per heavy atom. The zero-order chi connectivity index (χ0) is 13.3. The molecule has 1 aliphatic rings. The fourth-order valence-electron chi connectivity index (χ4n) is 2.10. The molecule has 1 aromatic carbocycles. The average molecular weight is 263 g/mol. The maximum Gasteiger partial charge on any atom is 0.254 e. The Hall–Kier alpha value is -0.960. The Morgan fingerprint density at radius 3 is 2.67 bits per heavy atom. The maximum atomic E-state index is 12.6. The normalized spacial score (nSPS) is 14.9. The molecule has 0 heterocycles. The van der Waals surface area contributed by atoms with Gasteiger partial charge >= 0.3 is 0 Å². The van der Waals surface area contributed by atoms with Crippen LogP contribution >= 0.6 is 12.6 Å². The van der Waals surface area contributed by atoms with Crippen LogP contribution in [0.15, 0.2) is 23.1 Å². The molecule has 0 spiro atoms. The number of thiol groups is 1. The molecule has 0 aromatic heterocycles. The van der Waals surface area contributed by atoms with Crippen molar-refractivity contribution in [3.05, 3.63) is 29.3 Å². The predicted molar refractivity (Wildman–Crippen MR) is 77.3 cm³/mol. The van der Waals surface area contributed by atoms with Crippen molar-refractivity contribution in [3.63, 3.8) is 0 Å². The van der Waals surface area contributed by atoms with Gasteiger partial charge in [-0.25, -0.2) is 0 Å². The molecular formula is C15H21NOS. The van der Waals surface area contributed by atoms with Gasteiger partial charge in [0.1, 0.15) is 0 Å². The summed E-state index contributed by atoms with van der Waals surface area (Å²) in [6.07, 6.45) is 2.53. The number of benzene rings is 1. The Balaban J connectivity index is 2.23. The van der Waals surface area contributed by atoms with Gasteiger partial charge < -0.3 is 4.90 Å². The number of amides is 1. The summed E-state index contributed by atoms with van der Waals surface area (Å²) in [4.78, 5) is 15.5. The number of nitrogens with zero attached hydrogens (tertiary/aromatic N) is 1. The van der Waals surface area contributed by atoms with Crippen molar-refractivity contribution in [2.45, 2.75) is 44.6 Å². The van der Waals surface area contributed by atoms with E-state index in [4.69, 9.17) is 0 Å². The molecule has 0 unspecified atom stereocenters. The van der Waals surface area contributed by atoms with Crippen LogP contribution in [0, 0.1) is 12.8 Å². The lowest BCUT2D eigenvalue weighted by molar-refractivity contribution is 0.0695. The molecule has 0 saturated heterocycles. The van der Waals surface area contributed by atoms with Crippen molar-refractivity contribution >= 4 is 18.5 Å². The van der Waals surface area contributed by atoms with E-state index in [9.17, 15) is 4.79 Å². The number of hydrogen-bond donors (Lipinski definition) is 1. The molecular weight excluding hydrogens is 242 g/mol. The van der Waals surface area contributed by atoms with Gasteiger partial charge in [-0.1, -0.05) is 6.07 Å². The van der Waals surface area contributed by atoms with Crippen molar-refractivity contribution < 1.29 is 4.79 Å². The number of rotatable bonds is 4. The van der Waals surface area contributed by atoms with Crippen LogP contribution in [0.1, 0.15) is 42.6 Å². The molecule has 1 fully saturated rings. The second-order valence-corrected chi connectivity index (χ2v) is 6.01. The average Bonchev–Trinajstić information content (AvgIpc) is 3.12. The fraction of sp³-hybridized carbons (Fsp3) is 0.533. The number of carbonyl (C=O) groups excluding carboxylic acids is 1. The van der Waals surface area contributed by atoms with Crippen LogP contribution in [0.5, 0.6) is 0 Å². The topological polar surface area (TPSA) is 20.3 Å². The summed E-state index contributed by atoms with van der Waals surface area (Å²) >= 11 is 4.33. The Labute approximate surface area is 115 Å². The van der Waals surface area contributed by atoms with E-state index in [1.54, 1.807) is 0 Å². The van der Waals surface area contributed by atoms with Gasteiger partial charge in [0.15, 0.2) is 0 Å². The fourth-order valence-corrected chi connectivity index (χ4v) is 2.31. The van der Waals surface area contributed by atoms with Crippen LogP contribution in [-0.2, 0) is 0 Å². The first-order valence-electron chi connectivity index (χ1n) is 6.59. The number of hydrogen-bond acceptors (Lipinski definition) is 2. The third-order valence-corrected chi connectivity index (χ3v) is 3.77. The molecule has 2 nitrogen and oxygen atoms in total. The van der Waals surface area contributed by atoms with E-state index in [1.807, 2.05) is 30.0 Å². The minimum Gasteiger partial charge on any atom is -0.336 e. The third kappa shape index (κ3) is 3.08. The van der Waals surface area contributed by atoms with Gasteiger partial charge in [-0.2, -0.15) is 0 Å². The monoisotopic (exact) mass is 263 g/mol. The van der Waals surface area contributed by atoms with Crippen LogP contribution in [0.4, 0.5) is 0 Å². The van der Waals surface area contributed by atoms with Crippen LogP contribution in [0.2, 0.25) is 0 Å². The molecule has 0 aliphatic heterocycles. The molecule has 3 heteroatoms. The summed E-state index contributed by atoms with van der Waals surface area (Å²) in [5, 5.41) is 0. The first-order valence-corrected chi connectivity index (χ1v) is 7.04. The van der Waals surface area contributed by atoms with E-state index in [0.29, 0.717) is 0 Å². The summed E-state index contributed by atoms with van der Waals surface area (Å²) in [5.74, 6) is 0.862. The summed E-state index contributed by atoms with van der Waals surface area (Å²) in [5.41, 5.74) is 1.82. The van der Waals surface area contributed by atoms with Crippen LogP contribution in [-0.4, -0.2) is 23.4 Å². The zero-order valence-electron chi connectivity index (χ0n) is 11.3. The van der Waals surface area contributed by atoms with E-state index >= 15 is 0 Å². The lowest BCUT2D eigenvalue weighted by atomic mass is 10.1. The molecule has 98 valence electrons. The molecule has 1 aliphatic carbocycles. The highest BCUT2D eigenvalue weighted by Crippen LogP contribution is 2.31.